The molecule has 2 saturated carbocycles. The van der Waals surface area contributed by atoms with E-state index in [0.717, 1.165) is 24.8 Å². The normalized spacial score (nSPS) is 29.0. The highest BCUT2D eigenvalue weighted by Crippen LogP contribution is 2.56. The molecule has 5 nitrogen and oxygen atoms in total. The first kappa shape index (κ1) is 17.5. The Balaban J connectivity index is 1.50. The third-order valence-electron chi connectivity index (χ3n) is 6.63. The molecular formula is C21H27NO4. The second-order valence-electron chi connectivity index (χ2n) is 7.84. The smallest absolute Gasteiger partial charge is 0.339 e. The fraction of sp³-hybridized carbons (Fsp3) is 0.619. The summed E-state index contributed by atoms with van der Waals surface area (Å²) < 4.78 is 11.4. The SMILES string of the molecule is CCO[C@@H]1C[C@H](N(C)C(=O)[C@@H]2Cc3ccccc3C(=O)O2)C12CCCC2. The standard InChI is InChI=1S/C21H27NO4/c1-3-25-18-13-17(21(18)10-6-7-11-21)22(2)19(23)16-12-14-8-4-5-9-15(14)20(24)26-16/h4-5,8-9,16-18H,3,6-7,10-13H2,1-2H3/t16-,17-,18+/m0/s1. The molecule has 0 aromatic heterocycles. The van der Waals surface area contributed by atoms with Gasteiger partial charge in [0.1, 0.15) is 0 Å². The maximum Gasteiger partial charge on any atom is 0.339 e. The minimum atomic E-state index is -0.716. The molecule has 1 aliphatic heterocycles. The van der Waals surface area contributed by atoms with Gasteiger partial charge in [0, 0.05) is 31.5 Å². The van der Waals surface area contributed by atoms with Crippen LogP contribution in [0.15, 0.2) is 24.3 Å². The Hall–Kier alpha value is -1.88. The second-order valence-corrected chi connectivity index (χ2v) is 7.84. The van der Waals surface area contributed by atoms with Crippen LogP contribution in [-0.4, -0.2) is 48.7 Å². The minimum Gasteiger partial charge on any atom is -0.448 e. The molecule has 2 fully saturated rings. The van der Waals surface area contributed by atoms with E-state index in [1.807, 2.05) is 37.1 Å². The molecule has 0 bridgehead atoms. The highest BCUT2D eigenvalue weighted by molar-refractivity contribution is 5.95. The van der Waals surface area contributed by atoms with Gasteiger partial charge in [-0.3, -0.25) is 4.79 Å². The van der Waals surface area contributed by atoms with Crippen molar-refractivity contribution in [2.75, 3.05) is 13.7 Å². The van der Waals surface area contributed by atoms with E-state index in [1.165, 1.54) is 12.8 Å². The zero-order valence-electron chi connectivity index (χ0n) is 15.6. The van der Waals surface area contributed by atoms with E-state index in [1.54, 1.807) is 6.07 Å². The lowest BCUT2D eigenvalue weighted by atomic mass is 9.60. The van der Waals surface area contributed by atoms with Crippen LogP contribution in [0.3, 0.4) is 0 Å². The summed E-state index contributed by atoms with van der Waals surface area (Å²) >= 11 is 0. The number of hydrogen-bond donors (Lipinski definition) is 0. The van der Waals surface area contributed by atoms with Crippen LogP contribution in [-0.2, 0) is 20.7 Å². The van der Waals surface area contributed by atoms with Crippen LogP contribution >= 0.6 is 0 Å². The van der Waals surface area contributed by atoms with Gasteiger partial charge in [-0.15, -0.1) is 0 Å². The van der Waals surface area contributed by atoms with Gasteiger partial charge >= 0.3 is 5.97 Å². The fourth-order valence-corrected chi connectivity index (χ4v) is 5.24. The summed E-state index contributed by atoms with van der Waals surface area (Å²) in [6.45, 7) is 2.75. The summed E-state index contributed by atoms with van der Waals surface area (Å²) in [6.07, 6.45) is 5.52. The molecule has 4 rings (SSSR count). The molecule has 1 aromatic carbocycles. The number of hydrogen-bond acceptors (Lipinski definition) is 4. The quantitative estimate of drug-likeness (QED) is 0.778. The van der Waals surface area contributed by atoms with Crippen LogP contribution in [0.25, 0.3) is 0 Å². The van der Waals surface area contributed by atoms with Crippen LogP contribution in [0.2, 0.25) is 0 Å². The lowest BCUT2D eigenvalue weighted by molar-refractivity contribution is -0.177. The van der Waals surface area contributed by atoms with Crippen molar-refractivity contribution in [3.8, 4) is 0 Å². The van der Waals surface area contributed by atoms with Gasteiger partial charge in [-0.25, -0.2) is 4.79 Å². The summed E-state index contributed by atoms with van der Waals surface area (Å²) in [5.74, 6) is -0.478. The second kappa shape index (κ2) is 6.69. The van der Waals surface area contributed by atoms with Gasteiger partial charge in [0.05, 0.1) is 11.7 Å². The number of nitrogens with zero attached hydrogens (tertiary/aromatic N) is 1. The largest absolute Gasteiger partial charge is 0.448 e. The predicted molar refractivity (Wildman–Crippen MR) is 96.8 cm³/mol. The average molecular weight is 357 g/mol. The van der Waals surface area contributed by atoms with Crippen molar-refractivity contribution in [3.63, 3.8) is 0 Å². The van der Waals surface area contributed by atoms with E-state index in [0.29, 0.717) is 18.6 Å². The average Bonchev–Trinajstić information content (AvgIpc) is 3.16. The molecule has 0 unspecified atom stereocenters. The van der Waals surface area contributed by atoms with Crippen molar-refractivity contribution >= 4 is 11.9 Å². The van der Waals surface area contributed by atoms with Crippen molar-refractivity contribution in [1.82, 2.24) is 4.90 Å². The van der Waals surface area contributed by atoms with Crippen molar-refractivity contribution in [3.05, 3.63) is 35.4 Å². The molecule has 1 aromatic rings. The van der Waals surface area contributed by atoms with Crippen LogP contribution < -0.4 is 0 Å². The number of cyclic esters (lactones) is 1. The van der Waals surface area contributed by atoms with E-state index in [2.05, 4.69) is 0 Å². The van der Waals surface area contributed by atoms with Crippen molar-refractivity contribution in [2.45, 2.75) is 63.7 Å². The Bertz CT molecular complexity index is 710. The molecule has 3 atom stereocenters. The Morgan fingerprint density at radius 3 is 2.77 bits per heavy atom. The number of ether oxygens (including phenoxy) is 2. The van der Waals surface area contributed by atoms with Crippen molar-refractivity contribution < 1.29 is 19.1 Å². The maximum atomic E-state index is 13.1. The molecule has 1 spiro atoms. The first-order valence-electron chi connectivity index (χ1n) is 9.74. The number of likely N-dealkylation sites (N-methyl/N-ethyl adjacent to an activating group) is 1. The third kappa shape index (κ3) is 2.64. The Morgan fingerprint density at radius 2 is 2.04 bits per heavy atom. The van der Waals surface area contributed by atoms with Crippen LogP contribution in [0.4, 0.5) is 0 Å². The molecular weight excluding hydrogens is 330 g/mol. The molecule has 0 N–H and O–H groups in total. The zero-order valence-corrected chi connectivity index (χ0v) is 15.6. The summed E-state index contributed by atoms with van der Waals surface area (Å²) in [6, 6.07) is 7.57. The zero-order chi connectivity index (χ0) is 18.3. The van der Waals surface area contributed by atoms with Gasteiger partial charge in [-0.1, -0.05) is 31.0 Å². The van der Waals surface area contributed by atoms with Crippen molar-refractivity contribution in [2.24, 2.45) is 5.41 Å². The Morgan fingerprint density at radius 1 is 1.31 bits per heavy atom. The van der Waals surface area contributed by atoms with Gasteiger partial charge in [0.2, 0.25) is 0 Å². The Labute approximate surface area is 154 Å². The summed E-state index contributed by atoms with van der Waals surface area (Å²) in [7, 11) is 1.86. The van der Waals surface area contributed by atoms with E-state index in [-0.39, 0.29) is 23.5 Å². The van der Waals surface area contributed by atoms with E-state index in [9.17, 15) is 9.59 Å². The van der Waals surface area contributed by atoms with E-state index < -0.39 is 12.1 Å². The molecule has 3 aliphatic rings. The highest BCUT2D eigenvalue weighted by Gasteiger charge is 2.59. The maximum absolute atomic E-state index is 13.1. The summed E-state index contributed by atoms with van der Waals surface area (Å²) in [5.41, 5.74) is 1.56. The number of benzene rings is 1. The van der Waals surface area contributed by atoms with Crippen molar-refractivity contribution in [1.29, 1.82) is 0 Å². The first-order valence-corrected chi connectivity index (χ1v) is 9.74. The number of amides is 1. The van der Waals surface area contributed by atoms with Gasteiger partial charge < -0.3 is 14.4 Å². The number of fused-ring (bicyclic) bond motifs is 1. The van der Waals surface area contributed by atoms with Crippen LogP contribution in [0.1, 0.15) is 54.9 Å². The fourth-order valence-electron chi connectivity index (χ4n) is 5.24. The Kier molecular flexibility index (Phi) is 4.51. The highest BCUT2D eigenvalue weighted by atomic mass is 16.5. The molecule has 0 saturated heterocycles. The molecule has 0 radical (unpaired) electrons. The molecule has 26 heavy (non-hydrogen) atoms. The molecule has 1 amide bonds. The topological polar surface area (TPSA) is 55.8 Å². The lowest BCUT2D eigenvalue weighted by Crippen LogP contribution is -2.65. The third-order valence-corrected chi connectivity index (χ3v) is 6.63. The molecule has 5 heteroatoms. The summed E-state index contributed by atoms with van der Waals surface area (Å²) in [5, 5.41) is 0. The van der Waals surface area contributed by atoms with E-state index in [4.69, 9.17) is 9.47 Å². The monoisotopic (exact) mass is 357 g/mol. The van der Waals surface area contributed by atoms with Gasteiger partial charge in [-0.2, -0.15) is 0 Å². The van der Waals surface area contributed by atoms with Gasteiger partial charge in [0.25, 0.3) is 5.91 Å². The first-order chi connectivity index (χ1) is 12.6. The number of carbonyl (C=O) groups excluding carboxylic acids is 2. The predicted octanol–water partition coefficient (Wildman–Crippen LogP) is 2.96. The lowest BCUT2D eigenvalue weighted by Gasteiger charge is -2.57. The molecule has 1 heterocycles. The minimum absolute atomic E-state index is 0.0842. The van der Waals surface area contributed by atoms with Gasteiger partial charge in [-0.05, 0) is 37.8 Å². The molecule has 2 aliphatic carbocycles. The van der Waals surface area contributed by atoms with E-state index >= 15 is 0 Å². The van der Waals surface area contributed by atoms with Gasteiger partial charge in [0.15, 0.2) is 6.10 Å². The van der Waals surface area contributed by atoms with Crippen LogP contribution in [0.5, 0.6) is 0 Å². The van der Waals surface area contributed by atoms with Crippen LogP contribution in [0, 0.1) is 5.41 Å². The number of esters is 1. The molecule has 140 valence electrons. The summed E-state index contributed by atoms with van der Waals surface area (Å²) in [4.78, 5) is 27.2. The number of rotatable bonds is 4. The number of carbonyl (C=O) groups is 2.